The average molecular weight is 399 g/mol. The summed E-state index contributed by atoms with van der Waals surface area (Å²) in [6.07, 6.45) is 6.12. The van der Waals surface area contributed by atoms with E-state index in [1.165, 1.54) is 0 Å². The van der Waals surface area contributed by atoms with Crippen LogP contribution in [0.4, 0.5) is 0 Å². The van der Waals surface area contributed by atoms with E-state index in [0.29, 0.717) is 29.4 Å². The van der Waals surface area contributed by atoms with E-state index in [-0.39, 0.29) is 17.9 Å². The third kappa shape index (κ3) is 5.62. The Balaban J connectivity index is 2.18. The fourth-order valence-corrected chi connectivity index (χ4v) is 3.80. The van der Waals surface area contributed by atoms with Crippen LogP contribution in [-0.2, 0) is 16.1 Å². The number of carbonyl (C=O) groups is 2. The summed E-state index contributed by atoms with van der Waals surface area (Å²) in [5.74, 6) is -0.0593. The molecule has 1 N–H and O–H groups in total. The van der Waals surface area contributed by atoms with E-state index in [2.05, 4.69) is 5.32 Å². The van der Waals surface area contributed by atoms with Crippen LogP contribution in [0.2, 0.25) is 10.0 Å². The first-order chi connectivity index (χ1) is 12.5. The highest BCUT2D eigenvalue weighted by molar-refractivity contribution is 6.42. The highest BCUT2D eigenvalue weighted by Crippen LogP contribution is 2.24. The van der Waals surface area contributed by atoms with Crippen molar-refractivity contribution in [1.29, 1.82) is 0 Å². The van der Waals surface area contributed by atoms with Crippen molar-refractivity contribution >= 4 is 35.0 Å². The van der Waals surface area contributed by atoms with Gasteiger partial charge in [-0.2, -0.15) is 0 Å². The summed E-state index contributed by atoms with van der Waals surface area (Å²) in [5.41, 5.74) is 0.871. The molecule has 4 nitrogen and oxygen atoms in total. The van der Waals surface area contributed by atoms with Crippen LogP contribution in [0, 0.1) is 0 Å². The molecule has 0 saturated heterocycles. The lowest BCUT2D eigenvalue weighted by atomic mass is 10.1. The molecule has 0 heterocycles. The van der Waals surface area contributed by atoms with Crippen LogP contribution in [0.1, 0.15) is 64.4 Å². The summed E-state index contributed by atoms with van der Waals surface area (Å²) in [5, 5.41) is 4.07. The number of hydrogen-bond donors (Lipinski definition) is 1. The summed E-state index contributed by atoms with van der Waals surface area (Å²) < 4.78 is 0. The van der Waals surface area contributed by atoms with Crippen LogP contribution in [0.25, 0.3) is 0 Å². The highest BCUT2D eigenvalue weighted by Gasteiger charge is 2.30. The lowest BCUT2D eigenvalue weighted by molar-refractivity contribution is -0.141. The maximum atomic E-state index is 12.8. The second-order valence-corrected chi connectivity index (χ2v) is 7.75. The van der Waals surface area contributed by atoms with Crippen LogP contribution in [0.5, 0.6) is 0 Å². The lowest BCUT2D eigenvalue weighted by Gasteiger charge is -2.31. The van der Waals surface area contributed by atoms with Gasteiger partial charge >= 0.3 is 0 Å². The van der Waals surface area contributed by atoms with E-state index < -0.39 is 6.04 Å². The highest BCUT2D eigenvalue weighted by atomic mass is 35.5. The van der Waals surface area contributed by atoms with Crippen molar-refractivity contribution in [3.8, 4) is 0 Å². The van der Waals surface area contributed by atoms with E-state index in [1.807, 2.05) is 19.9 Å². The van der Waals surface area contributed by atoms with E-state index in [4.69, 9.17) is 23.2 Å². The summed E-state index contributed by atoms with van der Waals surface area (Å²) in [6.45, 7) is 4.26. The maximum absolute atomic E-state index is 12.8. The number of amides is 2. The topological polar surface area (TPSA) is 49.4 Å². The van der Waals surface area contributed by atoms with Crippen LogP contribution in [-0.4, -0.2) is 28.8 Å². The first kappa shape index (κ1) is 21.0. The van der Waals surface area contributed by atoms with Gasteiger partial charge in [0.1, 0.15) is 6.04 Å². The lowest BCUT2D eigenvalue weighted by Crippen LogP contribution is -2.50. The predicted molar refractivity (Wildman–Crippen MR) is 106 cm³/mol. The van der Waals surface area contributed by atoms with Gasteiger partial charge in [-0.3, -0.25) is 9.59 Å². The quantitative estimate of drug-likeness (QED) is 0.672. The Morgan fingerprint density at radius 3 is 2.46 bits per heavy atom. The summed E-state index contributed by atoms with van der Waals surface area (Å²) >= 11 is 12.1. The fraction of sp³-hybridized carbons (Fsp3) is 0.600. The molecule has 1 aliphatic rings. The van der Waals surface area contributed by atoms with Gasteiger partial charge in [-0.1, -0.05) is 56.0 Å². The molecule has 1 fully saturated rings. The van der Waals surface area contributed by atoms with Gasteiger partial charge in [0.25, 0.3) is 0 Å². The van der Waals surface area contributed by atoms with Gasteiger partial charge in [0, 0.05) is 19.0 Å². The van der Waals surface area contributed by atoms with Crippen molar-refractivity contribution in [2.24, 2.45) is 0 Å². The van der Waals surface area contributed by atoms with Gasteiger partial charge in [0.15, 0.2) is 0 Å². The minimum Gasteiger partial charge on any atom is -0.352 e. The Morgan fingerprint density at radius 2 is 1.88 bits per heavy atom. The van der Waals surface area contributed by atoms with Crippen LogP contribution in [0.3, 0.4) is 0 Å². The predicted octanol–water partition coefficient (Wildman–Crippen LogP) is 4.96. The molecule has 2 rings (SSSR count). The molecular weight excluding hydrogens is 371 g/mol. The van der Waals surface area contributed by atoms with Gasteiger partial charge in [0.2, 0.25) is 11.8 Å². The zero-order chi connectivity index (χ0) is 19.1. The average Bonchev–Trinajstić information content (AvgIpc) is 3.11. The Morgan fingerprint density at radius 1 is 1.19 bits per heavy atom. The molecule has 1 aromatic carbocycles. The van der Waals surface area contributed by atoms with Gasteiger partial charge < -0.3 is 10.2 Å². The molecule has 1 saturated carbocycles. The minimum atomic E-state index is -0.468. The molecule has 0 radical (unpaired) electrons. The molecule has 6 heteroatoms. The molecule has 1 atom stereocenters. The van der Waals surface area contributed by atoms with E-state index in [9.17, 15) is 9.59 Å². The molecular formula is C20H28Cl2N2O2. The van der Waals surface area contributed by atoms with E-state index >= 15 is 0 Å². The van der Waals surface area contributed by atoms with Crippen LogP contribution in [0.15, 0.2) is 18.2 Å². The zero-order valence-corrected chi connectivity index (χ0v) is 17.1. The summed E-state index contributed by atoms with van der Waals surface area (Å²) in [7, 11) is 0. The van der Waals surface area contributed by atoms with Crippen molar-refractivity contribution in [2.75, 3.05) is 0 Å². The number of nitrogens with one attached hydrogen (secondary N) is 1. The fourth-order valence-electron chi connectivity index (χ4n) is 3.48. The number of carbonyl (C=O) groups excluding carboxylic acids is 2. The molecule has 0 spiro atoms. The molecule has 0 aromatic heterocycles. The molecule has 1 aliphatic carbocycles. The van der Waals surface area contributed by atoms with Crippen molar-refractivity contribution in [3.05, 3.63) is 33.8 Å². The number of rotatable bonds is 8. The Labute approximate surface area is 166 Å². The Bertz CT molecular complexity index is 630. The third-order valence-corrected chi connectivity index (χ3v) is 5.63. The first-order valence-corrected chi connectivity index (χ1v) is 10.3. The largest absolute Gasteiger partial charge is 0.352 e. The Kier molecular flexibility index (Phi) is 8.23. The zero-order valence-electron chi connectivity index (χ0n) is 15.6. The number of nitrogens with zero attached hydrogens (tertiary/aromatic N) is 1. The second kappa shape index (κ2) is 10.2. The first-order valence-electron chi connectivity index (χ1n) is 9.50. The third-order valence-electron chi connectivity index (χ3n) is 4.89. The van der Waals surface area contributed by atoms with Crippen molar-refractivity contribution < 1.29 is 9.59 Å². The van der Waals surface area contributed by atoms with Crippen molar-refractivity contribution in [2.45, 2.75) is 77.4 Å². The second-order valence-electron chi connectivity index (χ2n) is 6.93. The number of benzene rings is 1. The normalized spacial score (nSPS) is 15.7. The van der Waals surface area contributed by atoms with Crippen molar-refractivity contribution in [1.82, 2.24) is 10.2 Å². The molecule has 0 aliphatic heterocycles. The molecule has 0 unspecified atom stereocenters. The standard InChI is InChI=1S/C20H28Cl2N2O2/c1-3-7-19(25)24(13-14-10-11-16(21)17(22)12-14)18(4-2)20(26)23-15-8-5-6-9-15/h10-12,15,18H,3-9,13H2,1-2H3,(H,23,26)/t18-/m0/s1. The van der Waals surface area contributed by atoms with E-state index in [1.54, 1.807) is 17.0 Å². The number of hydrogen-bond acceptors (Lipinski definition) is 2. The molecule has 2 amide bonds. The molecule has 0 bridgehead atoms. The van der Waals surface area contributed by atoms with Crippen LogP contribution < -0.4 is 5.32 Å². The van der Waals surface area contributed by atoms with E-state index in [0.717, 1.165) is 37.7 Å². The Hall–Kier alpha value is -1.26. The van der Waals surface area contributed by atoms with Gasteiger partial charge in [-0.05, 0) is 43.4 Å². The van der Waals surface area contributed by atoms with Gasteiger partial charge in [-0.15, -0.1) is 0 Å². The SMILES string of the molecule is CCCC(=O)N(Cc1ccc(Cl)c(Cl)c1)[C@@H](CC)C(=O)NC1CCCC1. The molecule has 1 aromatic rings. The van der Waals surface area contributed by atoms with Crippen LogP contribution >= 0.6 is 23.2 Å². The maximum Gasteiger partial charge on any atom is 0.243 e. The van der Waals surface area contributed by atoms with Crippen molar-refractivity contribution in [3.63, 3.8) is 0 Å². The summed E-state index contributed by atoms with van der Waals surface area (Å²) in [4.78, 5) is 27.3. The molecule has 26 heavy (non-hydrogen) atoms. The number of halogens is 2. The monoisotopic (exact) mass is 398 g/mol. The smallest absolute Gasteiger partial charge is 0.243 e. The summed E-state index contributed by atoms with van der Waals surface area (Å²) in [6, 6.07) is 5.11. The van der Waals surface area contributed by atoms with Gasteiger partial charge in [-0.25, -0.2) is 0 Å². The minimum absolute atomic E-state index is 0.00741. The molecule has 144 valence electrons. The van der Waals surface area contributed by atoms with Gasteiger partial charge in [0.05, 0.1) is 10.0 Å².